The standard InChI is InChI=1S/C18H15FN2O4S/c1-24-12-6-5-9(7-11(12)19)18(23)25-8-14-20-16(22)15-10-3-2-4-13(10)26-17(15)21-14/h5-7H,2-4,8H2,1H3,(H,20,21,22). The lowest BCUT2D eigenvalue weighted by molar-refractivity contribution is 0.0461. The second-order valence-corrected chi connectivity index (χ2v) is 7.06. The lowest BCUT2D eigenvalue weighted by Crippen LogP contribution is -2.14. The van der Waals surface area contributed by atoms with Crippen LogP contribution in [0.4, 0.5) is 4.39 Å². The van der Waals surface area contributed by atoms with Crippen LogP contribution in [0.1, 0.15) is 33.0 Å². The van der Waals surface area contributed by atoms with Crippen LogP contribution < -0.4 is 10.3 Å². The first-order chi connectivity index (χ1) is 12.6. The molecule has 1 aliphatic carbocycles. The van der Waals surface area contributed by atoms with E-state index in [4.69, 9.17) is 9.47 Å². The zero-order valence-corrected chi connectivity index (χ0v) is 14.7. The predicted molar refractivity (Wildman–Crippen MR) is 94.3 cm³/mol. The number of nitrogens with zero attached hydrogens (tertiary/aromatic N) is 1. The third-order valence-corrected chi connectivity index (χ3v) is 5.54. The number of hydrogen-bond acceptors (Lipinski definition) is 6. The van der Waals surface area contributed by atoms with Crippen molar-refractivity contribution in [1.29, 1.82) is 0 Å². The summed E-state index contributed by atoms with van der Waals surface area (Å²) >= 11 is 1.52. The van der Waals surface area contributed by atoms with Crippen LogP contribution in [0.25, 0.3) is 10.2 Å². The van der Waals surface area contributed by atoms with E-state index in [1.54, 1.807) is 0 Å². The van der Waals surface area contributed by atoms with Crippen LogP contribution in [0.5, 0.6) is 5.75 Å². The minimum atomic E-state index is -0.706. The molecular formula is C18H15FN2O4S. The fraction of sp³-hybridized carbons (Fsp3) is 0.278. The largest absolute Gasteiger partial charge is 0.494 e. The van der Waals surface area contributed by atoms with Gasteiger partial charge in [-0.2, -0.15) is 0 Å². The number of halogens is 1. The minimum absolute atomic E-state index is 0.0451. The van der Waals surface area contributed by atoms with Crippen molar-refractivity contribution >= 4 is 27.5 Å². The molecule has 2 aromatic heterocycles. The maximum absolute atomic E-state index is 13.7. The molecule has 0 fully saturated rings. The molecule has 0 bridgehead atoms. The molecule has 8 heteroatoms. The Morgan fingerprint density at radius 1 is 1.38 bits per heavy atom. The van der Waals surface area contributed by atoms with Gasteiger partial charge in [0.05, 0.1) is 18.1 Å². The molecule has 4 rings (SSSR count). The molecule has 1 N–H and O–H groups in total. The number of benzene rings is 1. The topological polar surface area (TPSA) is 81.3 Å². The number of nitrogens with one attached hydrogen (secondary N) is 1. The summed E-state index contributed by atoms with van der Waals surface area (Å²) in [7, 11) is 1.34. The van der Waals surface area contributed by atoms with E-state index in [0.717, 1.165) is 30.9 Å². The van der Waals surface area contributed by atoms with Gasteiger partial charge in [-0.3, -0.25) is 4.79 Å². The number of aryl methyl sites for hydroxylation is 2. The number of rotatable bonds is 4. The number of ether oxygens (including phenoxy) is 2. The minimum Gasteiger partial charge on any atom is -0.494 e. The first kappa shape index (κ1) is 16.7. The van der Waals surface area contributed by atoms with Crippen molar-refractivity contribution in [1.82, 2.24) is 9.97 Å². The lowest BCUT2D eigenvalue weighted by atomic mass is 10.2. The first-order valence-electron chi connectivity index (χ1n) is 8.11. The molecule has 2 heterocycles. The maximum Gasteiger partial charge on any atom is 0.338 e. The van der Waals surface area contributed by atoms with E-state index in [0.29, 0.717) is 10.2 Å². The average molecular weight is 374 g/mol. The Labute approximate surface area is 151 Å². The highest BCUT2D eigenvalue weighted by molar-refractivity contribution is 7.18. The molecule has 0 saturated carbocycles. The second kappa shape index (κ2) is 6.53. The van der Waals surface area contributed by atoms with Crippen molar-refractivity contribution in [2.75, 3.05) is 7.11 Å². The Kier molecular flexibility index (Phi) is 4.20. The quantitative estimate of drug-likeness (QED) is 0.710. The number of methoxy groups -OCH3 is 1. The van der Waals surface area contributed by atoms with E-state index in [1.165, 1.54) is 35.5 Å². The Balaban J connectivity index is 1.53. The van der Waals surface area contributed by atoms with Gasteiger partial charge in [0.15, 0.2) is 11.6 Å². The number of carbonyl (C=O) groups excluding carboxylic acids is 1. The molecule has 26 heavy (non-hydrogen) atoms. The van der Waals surface area contributed by atoms with Crippen LogP contribution in [0.2, 0.25) is 0 Å². The third-order valence-electron chi connectivity index (χ3n) is 4.35. The number of hydrogen-bond donors (Lipinski definition) is 1. The van der Waals surface area contributed by atoms with E-state index in [9.17, 15) is 14.0 Å². The van der Waals surface area contributed by atoms with Crippen LogP contribution in [0.3, 0.4) is 0 Å². The fourth-order valence-corrected chi connectivity index (χ4v) is 4.41. The molecule has 3 aromatic rings. The van der Waals surface area contributed by atoms with Crippen LogP contribution in [-0.2, 0) is 24.2 Å². The highest BCUT2D eigenvalue weighted by atomic mass is 32.1. The van der Waals surface area contributed by atoms with Crippen molar-refractivity contribution in [3.05, 3.63) is 56.2 Å². The Hall–Kier alpha value is -2.74. The number of aromatic amines is 1. The summed E-state index contributed by atoms with van der Waals surface area (Å²) in [6.07, 6.45) is 2.94. The highest BCUT2D eigenvalue weighted by Crippen LogP contribution is 2.34. The predicted octanol–water partition coefficient (Wildman–Crippen LogP) is 2.98. The van der Waals surface area contributed by atoms with Crippen molar-refractivity contribution in [3.8, 4) is 5.75 Å². The SMILES string of the molecule is COc1ccc(C(=O)OCc2nc3sc4c(c3c(=O)[nH]2)CCC4)cc1F. The molecule has 1 aromatic carbocycles. The van der Waals surface area contributed by atoms with E-state index in [-0.39, 0.29) is 29.3 Å². The number of fused-ring (bicyclic) bond motifs is 3. The fourth-order valence-electron chi connectivity index (χ4n) is 3.13. The molecular weight excluding hydrogens is 359 g/mol. The molecule has 0 atom stereocenters. The molecule has 134 valence electrons. The van der Waals surface area contributed by atoms with E-state index in [2.05, 4.69) is 9.97 Å². The molecule has 0 radical (unpaired) electrons. The monoisotopic (exact) mass is 374 g/mol. The van der Waals surface area contributed by atoms with E-state index < -0.39 is 11.8 Å². The Bertz CT molecular complexity index is 1070. The molecule has 0 unspecified atom stereocenters. The van der Waals surface area contributed by atoms with Gasteiger partial charge in [-0.05, 0) is 43.0 Å². The summed E-state index contributed by atoms with van der Waals surface area (Å²) in [5.74, 6) is -1.04. The molecule has 6 nitrogen and oxygen atoms in total. The Morgan fingerprint density at radius 2 is 2.23 bits per heavy atom. The Morgan fingerprint density at radius 3 is 3.00 bits per heavy atom. The summed E-state index contributed by atoms with van der Waals surface area (Å²) in [5, 5.41) is 0.648. The summed E-state index contributed by atoms with van der Waals surface area (Å²) in [5.41, 5.74) is 0.939. The molecule has 0 spiro atoms. The zero-order valence-electron chi connectivity index (χ0n) is 13.9. The number of H-pyrrole nitrogens is 1. The van der Waals surface area contributed by atoms with Gasteiger partial charge < -0.3 is 14.5 Å². The third kappa shape index (κ3) is 2.86. The molecule has 0 saturated heterocycles. The first-order valence-corrected chi connectivity index (χ1v) is 8.92. The van der Waals surface area contributed by atoms with Crippen molar-refractivity contribution in [2.24, 2.45) is 0 Å². The number of thiophene rings is 1. The van der Waals surface area contributed by atoms with Crippen LogP contribution in [-0.4, -0.2) is 23.0 Å². The summed E-state index contributed by atoms with van der Waals surface area (Å²) < 4.78 is 23.7. The van der Waals surface area contributed by atoms with E-state index in [1.807, 2.05) is 0 Å². The zero-order chi connectivity index (χ0) is 18.3. The summed E-state index contributed by atoms with van der Waals surface area (Å²) in [6.45, 7) is -0.194. The number of esters is 1. The van der Waals surface area contributed by atoms with Crippen LogP contribution in [0, 0.1) is 5.82 Å². The summed E-state index contributed by atoms with van der Waals surface area (Å²) in [4.78, 5) is 33.4. The van der Waals surface area contributed by atoms with Crippen LogP contribution in [0.15, 0.2) is 23.0 Å². The van der Waals surface area contributed by atoms with E-state index >= 15 is 0 Å². The van der Waals surface area contributed by atoms with Gasteiger partial charge in [0.2, 0.25) is 0 Å². The maximum atomic E-state index is 13.7. The number of carbonyl (C=O) groups is 1. The number of aromatic nitrogens is 2. The van der Waals surface area contributed by atoms with Gasteiger partial charge >= 0.3 is 5.97 Å². The van der Waals surface area contributed by atoms with Crippen LogP contribution >= 0.6 is 11.3 Å². The van der Waals surface area contributed by atoms with Gasteiger partial charge in [0.1, 0.15) is 17.3 Å². The summed E-state index contributed by atoms with van der Waals surface area (Å²) in [6, 6.07) is 3.81. The molecule has 0 aliphatic heterocycles. The van der Waals surface area contributed by atoms with Gasteiger partial charge in [-0.15, -0.1) is 11.3 Å². The van der Waals surface area contributed by atoms with Crippen molar-refractivity contribution in [3.63, 3.8) is 0 Å². The van der Waals surface area contributed by atoms with Crippen molar-refractivity contribution in [2.45, 2.75) is 25.9 Å². The van der Waals surface area contributed by atoms with Gasteiger partial charge in [0, 0.05) is 4.88 Å². The normalized spacial score (nSPS) is 13.0. The average Bonchev–Trinajstić information content (AvgIpc) is 3.20. The van der Waals surface area contributed by atoms with Crippen molar-refractivity contribution < 1.29 is 18.7 Å². The van der Waals surface area contributed by atoms with Gasteiger partial charge in [0.25, 0.3) is 5.56 Å². The molecule has 1 aliphatic rings. The molecule has 0 amide bonds. The van der Waals surface area contributed by atoms with Gasteiger partial charge in [-0.1, -0.05) is 0 Å². The smallest absolute Gasteiger partial charge is 0.338 e. The highest BCUT2D eigenvalue weighted by Gasteiger charge is 2.21. The lowest BCUT2D eigenvalue weighted by Gasteiger charge is -2.06. The second-order valence-electron chi connectivity index (χ2n) is 5.98. The van der Waals surface area contributed by atoms with Gasteiger partial charge in [-0.25, -0.2) is 14.2 Å².